The van der Waals surface area contributed by atoms with Gasteiger partial charge in [-0.25, -0.2) is 24.1 Å². The van der Waals surface area contributed by atoms with Crippen LogP contribution in [0.2, 0.25) is 0 Å². The lowest BCUT2D eigenvalue weighted by Crippen LogP contribution is -2.19. The van der Waals surface area contributed by atoms with Gasteiger partial charge in [-0.15, -0.1) is 0 Å². The van der Waals surface area contributed by atoms with Gasteiger partial charge in [-0.2, -0.15) is 0 Å². The Balaban J connectivity index is 0.000000183. The average Bonchev–Trinajstić information content (AvgIpc) is 1.67. The first-order chi connectivity index (χ1) is 57.9. The summed E-state index contributed by atoms with van der Waals surface area (Å²) in [5.41, 5.74) is 15.6. The Kier molecular flexibility index (Phi) is 37.9. The Morgan fingerprint density at radius 2 is 0.656 bits per heavy atom. The number of rotatable bonds is 17. The van der Waals surface area contributed by atoms with Crippen LogP contribution in [-0.4, -0.2) is 92.1 Å². The molecular formula is C93H95N3O14S12. The zero-order chi connectivity index (χ0) is 89.8. The third-order valence-corrected chi connectivity index (χ3v) is 35.2. The van der Waals surface area contributed by atoms with Crippen LogP contribution in [0.15, 0.2) is 221 Å². The van der Waals surface area contributed by atoms with Gasteiger partial charge in [0.05, 0.1) is 71.9 Å². The summed E-state index contributed by atoms with van der Waals surface area (Å²) in [6.07, 6.45) is 2.00. The van der Waals surface area contributed by atoms with Crippen molar-refractivity contribution in [3.05, 3.63) is 252 Å². The lowest BCUT2D eigenvalue weighted by molar-refractivity contribution is -0.147. The van der Waals surface area contributed by atoms with Crippen molar-refractivity contribution in [1.29, 1.82) is 0 Å². The van der Waals surface area contributed by atoms with Crippen molar-refractivity contribution in [3.63, 3.8) is 0 Å². The lowest BCUT2D eigenvalue weighted by Gasteiger charge is -2.10. The molecule has 122 heavy (non-hydrogen) atoms. The highest BCUT2D eigenvalue weighted by atomic mass is 32.2. The Hall–Kier alpha value is -7.85. The summed E-state index contributed by atoms with van der Waals surface area (Å²) >= 11 is 18.4. The number of carbonyl (C=O) groups is 9. The molecule has 0 aliphatic carbocycles. The molecule has 29 heteroatoms. The summed E-state index contributed by atoms with van der Waals surface area (Å²) in [6.45, 7) is 54.1. The molecule has 6 aliphatic heterocycles. The molecule has 1 unspecified atom stereocenters. The molecule has 0 fully saturated rings. The fourth-order valence-electron chi connectivity index (χ4n) is 11.6. The fraction of sp³-hybridized carbons (Fsp3) is 0.301. The number of nitrogens with zero attached hydrogens (tertiary/aromatic N) is 2. The highest BCUT2D eigenvalue weighted by Crippen LogP contribution is 2.60. The molecule has 13 rings (SSSR count). The topological polar surface area (TPSA) is 221 Å². The molecule has 0 aromatic heterocycles. The SMILES string of the molecule is CC(=O)C(C(=O)Nc1ccccc1)=C1Sc2c(C)ccc(C)c2S1.CC(=O)C(C(=O)OC(C)C)=C1Sc2c(C)ccc(C)c2S1.CC(=O)C(C(C)=O)=C1Sc2c(C)ccc(C)c2S1.CCOC(=O)C(C(=O)OCC)=C1Sc2c(C)ccc(C)c2S1.[C-]#[N+]C(C(=O)OCCC(C)OC)=C1Sc2c(C)ccc(C)c2S1.[C-]#[N+]C=C1Sc2c(C)ccc(C)c2S1. The number of aryl methyl sites for hydroxylation is 12. The normalized spacial score (nSPS) is 13.3. The molecule has 7 aromatic rings. The maximum absolute atomic E-state index is 12.6. The van der Waals surface area contributed by atoms with Crippen LogP contribution in [0.5, 0.6) is 0 Å². The number of nitrogens with one attached hydrogen (secondary N) is 1. The molecule has 17 nitrogen and oxygen atoms in total. The van der Waals surface area contributed by atoms with Crippen LogP contribution in [0.3, 0.4) is 0 Å². The van der Waals surface area contributed by atoms with Crippen LogP contribution >= 0.6 is 141 Å². The van der Waals surface area contributed by atoms with Crippen LogP contribution in [0, 0.1) is 96.2 Å². The van der Waals surface area contributed by atoms with E-state index in [1.165, 1.54) is 164 Å². The molecule has 1 amide bonds. The van der Waals surface area contributed by atoms with Gasteiger partial charge in [0.25, 0.3) is 11.6 Å². The number of ketones is 4. The Bertz CT molecular complexity index is 5420. The molecule has 6 heterocycles. The molecule has 0 saturated heterocycles. The van der Waals surface area contributed by atoms with Gasteiger partial charge in [-0.05, 0) is 224 Å². The minimum atomic E-state index is -0.626. The predicted molar refractivity (Wildman–Crippen MR) is 507 cm³/mol. The largest absolute Gasteiger partial charge is 0.470 e. The molecule has 0 saturated carbocycles. The van der Waals surface area contributed by atoms with E-state index in [2.05, 4.69) is 103 Å². The van der Waals surface area contributed by atoms with Gasteiger partial charge >= 0.3 is 23.9 Å². The maximum atomic E-state index is 12.6. The number of benzene rings is 7. The summed E-state index contributed by atoms with van der Waals surface area (Å²) in [5.74, 6) is -3.47. The van der Waals surface area contributed by atoms with Gasteiger partial charge in [0, 0.05) is 82.2 Å². The Morgan fingerprint density at radius 1 is 0.369 bits per heavy atom. The highest BCUT2D eigenvalue weighted by molar-refractivity contribution is 8.27. The quantitative estimate of drug-likeness (QED) is 0.0224. The van der Waals surface area contributed by atoms with E-state index < -0.39 is 23.9 Å². The monoisotopic (exact) mass is 1860 g/mol. The van der Waals surface area contributed by atoms with E-state index in [1.54, 1.807) is 100 Å². The van der Waals surface area contributed by atoms with Crippen molar-refractivity contribution in [2.75, 3.05) is 32.2 Å². The van der Waals surface area contributed by atoms with Crippen molar-refractivity contribution >= 4 is 200 Å². The summed E-state index contributed by atoms with van der Waals surface area (Å²) in [5, 5.41) is 2.81. The van der Waals surface area contributed by atoms with Gasteiger partial charge in [0.2, 0.25) is 0 Å². The fourth-order valence-corrected chi connectivity index (χ4v) is 28.4. The minimum Gasteiger partial charge on any atom is -0.470 e. The number of methoxy groups -OCH3 is 1. The van der Waals surface area contributed by atoms with Crippen molar-refractivity contribution in [2.24, 2.45) is 0 Å². The standard InChI is InChI=1S/C19H17NO2S2.C17H19NO3S2.C16H18O4S2.C16H18O3S2.C14H14O2S2.C11H9NS2/c1-11-9-10-12(2)17-16(11)23-19(24-17)15(13(3)21)18(22)20-14-7-5-4-6-8-14;1-10-6-7-11(2)15-14(10)22-17(23-15)13(18-4)16(19)21-9-8-12(3)20-5;1-5-19-14(17)11(15(18)20-6-2)16-21-12-9(3)7-8-10(4)13(12)22-16;1-8(2)19-15(18)12(11(5)17)16-20-13-9(3)6-7-10(4)14(13)21-16;1-7-5-6-8(2)13-12(7)17-14(18-13)11(9(3)15)10(4)16;1-7-4-5-8(2)11-10(7)13-9(14-11)6-12-3/h4-10H,1-3H3,(H,20,22);6-7,12H,8-9H2,1-3,5H3;7-8H,5-6H2,1-4H3;6-8H,1-5H3;5-6H,1-4H3;4-6H,1-2H3. The van der Waals surface area contributed by atoms with E-state index in [0.717, 1.165) is 101 Å². The van der Waals surface area contributed by atoms with Crippen molar-refractivity contribution < 1.29 is 66.8 Å². The van der Waals surface area contributed by atoms with E-state index in [4.69, 9.17) is 36.8 Å². The second kappa shape index (κ2) is 46.4. The summed E-state index contributed by atoms with van der Waals surface area (Å²) in [7, 11) is 1.62. The number of hydrogen-bond donors (Lipinski definition) is 1. The molecule has 0 spiro atoms. The van der Waals surface area contributed by atoms with Crippen LogP contribution in [-0.2, 0) is 66.8 Å². The van der Waals surface area contributed by atoms with E-state index in [-0.39, 0.29) is 83.5 Å². The first-order valence-electron chi connectivity index (χ1n) is 38.4. The number of hydrogen-bond acceptors (Lipinski definition) is 26. The van der Waals surface area contributed by atoms with Gasteiger partial charge in [-0.1, -0.05) is 232 Å². The number of anilines is 1. The van der Waals surface area contributed by atoms with Crippen molar-refractivity contribution in [2.45, 2.75) is 223 Å². The number of thioether (sulfide) groups is 12. The Morgan fingerprint density at radius 3 is 0.934 bits per heavy atom. The van der Waals surface area contributed by atoms with Crippen molar-refractivity contribution in [3.8, 4) is 0 Å². The number of esters is 4. The molecule has 6 aliphatic rings. The third kappa shape index (κ3) is 25.5. The predicted octanol–water partition coefficient (Wildman–Crippen LogP) is 25.7. The molecule has 0 radical (unpaired) electrons. The first kappa shape index (κ1) is 99.6. The van der Waals surface area contributed by atoms with Crippen molar-refractivity contribution in [1.82, 2.24) is 0 Å². The number of carbonyl (C=O) groups excluding carboxylic acids is 9. The molecule has 1 N–H and O–H groups in total. The highest BCUT2D eigenvalue weighted by Gasteiger charge is 2.36. The average molecular weight is 1860 g/mol. The van der Waals surface area contributed by atoms with Crippen LogP contribution < -0.4 is 5.32 Å². The molecule has 0 bridgehead atoms. The lowest BCUT2D eigenvalue weighted by atomic mass is 10.1. The second-order valence-corrected chi connectivity index (χ2v) is 42.1. The van der Waals surface area contributed by atoms with Crippen LogP contribution in [0.1, 0.15) is 135 Å². The van der Waals surface area contributed by atoms with E-state index in [0.29, 0.717) is 26.2 Å². The van der Waals surface area contributed by atoms with Gasteiger partial charge in [0.1, 0.15) is 11.1 Å². The first-order valence-corrected chi connectivity index (χ1v) is 48.2. The zero-order valence-corrected chi connectivity index (χ0v) is 81.7. The Labute approximate surface area is 766 Å². The number of para-hydroxylation sites is 1. The van der Waals surface area contributed by atoms with Crippen LogP contribution in [0.25, 0.3) is 9.69 Å². The number of ether oxygens (including phenoxy) is 5. The molecule has 638 valence electrons. The zero-order valence-electron chi connectivity index (χ0n) is 71.9. The summed E-state index contributed by atoms with van der Waals surface area (Å²) in [4.78, 5) is 129. The van der Waals surface area contributed by atoms with E-state index in [1.807, 2.05) is 92.6 Å². The smallest absolute Gasteiger partial charge is 0.347 e. The minimum absolute atomic E-state index is 0.00583. The van der Waals surface area contributed by atoms with E-state index in [9.17, 15) is 43.2 Å². The molecule has 1 atom stereocenters. The maximum Gasteiger partial charge on any atom is 0.347 e. The number of fused-ring (bicyclic) bond motifs is 6. The summed E-state index contributed by atoms with van der Waals surface area (Å²) < 4.78 is 30.3. The number of amides is 1. The van der Waals surface area contributed by atoms with Gasteiger partial charge in [-0.3, -0.25) is 28.8 Å². The summed E-state index contributed by atoms with van der Waals surface area (Å²) in [6, 6.07) is 34.1. The number of Topliss-reactive ketones (excluding diaryl/α,β-unsaturated/α-hetero) is 4. The second-order valence-electron chi connectivity index (χ2n) is 28.3. The van der Waals surface area contributed by atoms with Gasteiger partial charge < -0.3 is 29.0 Å². The van der Waals surface area contributed by atoms with Gasteiger partial charge in [0.15, 0.2) is 34.9 Å². The molecular weight excluding hydrogens is 1770 g/mol. The molecule has 7 aromatic carbocycles. The third-order valence-electron chi connectivity index (χ3n) is 18.2. The van der Waals surface area contributed by atoms with E-state index >= 15 is 0 Å². The number of allylic oxidation sites excluding steroid dienone is 1. The van der Waals surface area contributed by atoms with Crippen LogP contribution in [0.4, 0.5) is 5.69 Å².